The van der Waals surface area contributed by atoms with Gasteiger partial charge >= 0.3 is 0 Å². The zero-order valence-electron chi connectivity index (χ0n) is 8.33. The molecular weight excluding hydrogens is 176 g/mol. The van der Waals surface area contributed by atoms with E-state index in [1.54, 1.807) is 0 Å². The number of hydrogen-bond donors (Lipinski definition) is 1. The zero-order chi connectivity index (χ0) is 9.80. The number of fused-ring (bicyclic) bond motifs is 1. The van der Waals surface area contributed by atoms with Gasteiger partial charge in [-0.15, -0.1) is 0 Å². The van der Waals surface area contributed by atoms with Crippen molar-refractivity contribution >= 4 is 0 Å². The molecule has 2 heteroatoms. The summed E-state index contributed by atoms with van der Waals surface area (Å²) in [6.07, 6.45) is 2.84. The summed E-state index contributed by atoms with van der Waals surface area (Å²) in [6, 6.07) is 6.43. The van der Waals surface area contributed by atoms with Gasteiger partial charge in [0, 0.05) is 6.61 Å². The molecule has 0 spiro atoms. The van der Waals surface area contributed by atoms with E-state index in [1.807, 2.05) is 0 Å². The van der Waals surface area contributed by atoms with E-state index in [4.69, 9.17) is 9.84 Å². The Morgan fingerprint density at radius 2 is 2.29 bits per heavy atom. The summed E-state index contributed by atoms with van der Waals surface area (Å²) in [4.78, 5) is 0. The maximum atomic E-state index is 8.80. The lowest BCUT2D eigenvalue weighted by Crippen LogP contribution is -2.12. The summed E-state index contributed by atoms with van der Waals surface area (Å²) < 4.78 is 5.45. The molecular formula is C12H16O2. The van der Waals surface area contributed by atoms with Crippen LogP contribution in [0, 0.1) is 0 Å². The third-order valence-corrected chi connectivity index (χ3v) is 2.74. The lowest BCUT2D eigenvalue weighted by atomic mass is 9.95. The predicted octanol–water partition coefficient (Wildman–Crippen LogP) is 1.68. The Hall–Kier alpha value is -0.860. The van der Waals surface area contributed by atoms with Gasteiger partial charge in [0.15, 0.2) is 0 Å². The molecule has 76 valence electrons. The fourth-order valence-electron chi connectivity index (χ4n) is 1.97. The van der Waals surface area contributed by atoms with Crippen molar-refractivity contribution in [2.75, 3.05) is 13.2 Å². The van der Waals surface area contributed by atoms with Crippen LogP contribution < -0.4 is 0 Å². The third kappa shape index (κ3) is 1.97. The van der Waals surface area contributed by atoms with Crippen molar-refractivity contribution in [2.45, 2.75) is 25.9 Å². The molecule has 1 aromatic carbocycles. The molecule has 0 fully saturated rings. The average Bonchev–Trinajstić information content (AvgIpc) is 2.26. The van der Waals surface area contributed by atoms with Gasteiger partial charge in [0.1, 0.15) is 0 Å². The van der Waals surface area contributed by atoms with Gasteiger partial charge in [-0.1, -0.05) is 18.2 Å². The summed E-state index contributed by atoms with van der Waals surface area (Å²) in [5, 5.41) is 8.80. The molecule has 1 aliphatic rings. The van der Waals surface area contributed by atoms with Crippen molar-refractivity contribution in [1.29, 1.82) is 0 Å². The Morgan fingerprint density at radius 1 is 1.36 bits per heavy atom. The van der Waals surface area contributed by atoms with Crippen molar-refractivity contribution in [2.24, 2.45) is 0 Å². The van der Waals surface area contributed by atoms with Crippen LogP contribution in [0.2, 0.25) is 0 Å². The Morgan fingerprint density at radius 3 is 3.14 bits per heavy atom. The Labute approximate surface area is 84.5 Å². The molecule has 0 radical (unpaired) electrons. The summed E-state index contributed by atoms with van der Waals surface area (Å²) >= 11 is 0. The monoisotopic (exact) mass is 192 g/mol. The molecule has 0 amide bonds. The molecule has 2 rings (SSSR count). The summed E-state index contributed by atoms with van der Waals surface area (Å²) in [7, 11) is 0. The van der Waals surface area contributed by atoms with Crippen LogP contribution in [0.1, 0.15) is 23.1 Å². The van der Waals surface area contributed by atoms with Crippen LogP contribution in [0.25, 0.3) is 0 Å². The van der Waals surface area contributed by atoms with Gasteiger partial charge in [-0.25, -0.2) is 0 Å². The van der Waals surface area contributed by atoms with Crippen LogP contribution in [0.5, 0.6) is 0 Å². The molecule has 0 saturated carbocycles. The first kappa shape index (κ1) is 9.69. The first-order chi connectivity index (χ1) is 6.92. The minimum Gasteiger partial charge on any atom is -0.396 e. The van der Waals surface area contributed by atoms with Crippen molar-refractivity contribution in [3.63, 3.8) is 0 Å². The molecule has 2 nitrogen and oxygen atoms in total. The Bertz CT molecular complexity index is 307. The normalized spacial score (nSPS) is 15.2. The van der Waals surface area contributed by atoms with E-state index in [9.17, 15) is 0 Å². The largest absolute Gasteiger partial charge is 0.396 e. The number of rotatable bonds is 3. The SMILES string of the molecule is OCCCc1cccc2c1COCC2. The summed E-state index contributed by atoms with van der Waals surface area (Å²) in [5.74, 6) is 0. The smallest absolute Gasteiger partial charge is 0.0722 e. The van der Waals surface area contributed by atoms with E-state index in [1.165, 1.54) is 16.7 Å². The second-order valence-electron chi connectivity index (χ2n) is 3.68. The van der Waals surface area contributed by atoms with E-state index in [0.29, 0.717) is 0 Å². The fraction of sp³-hybridized carbons (Fsp3) is 0.500. The maximum absolute atomic E-state index is 8.80. The van der Waals surface area contributed by atoms with E-state index in [2.05, 4.69) is 18.2 Å². The van der Waals surface area contributed by atoms with Crippen LogP contribution >= 0.6 is 0 Å². The molecule has 0 aliphatic carbocycles. The van der Waals surface area contributed by atoms with Gasteiger partial charge in [0.05, 0.1) is 13.2 Å². The van der Waals surface area contributed by atoms with Gasteiger partial charge in [0.2, 0.25) is 0 Å². The second-order valence-corrected chi connectivity index (χ2v) is 3.68. The molecule has 0 aromatic heterocycles. The first-order valence-corrected chi connectivity index (χ1v) is 5.20. The van der Waals surface area contributed by atoms with Crippen molar-refractivity contribution in [1.82, 2.24) is 0 Å². The van der Waals surface area contributed by atoms with Crippen LogP contribution in [0.3, 0.4) is 0 Å². The van der Waals surface area contributed by atoms with Crippen LogP contribution in [0.4, 0.5) is 0 Å². The molecule has 14 heavy (non-hydrogen) atoms. The van der Waals surface area contributed by atoms with Crippen molar-refractivity contribution in [3.8, 4) is 0 Å². The molecule has 1 N–H and O–H groups in total. The standard InChI is InChI=1S/C12H16O2/c13-7-2-5-10-3-1-4-11-6-8-14-9-12(10)11/h1,3-4,13H,2,5-9H2. The summed E-state index contributed by atoms with van der Waals surface area (Å²) in [6.45, 7) is 1.86. The molecule has 0 unspecified atom stereocenters. The van der Waals surface area contributed by atoms with E-state index >= 15 is 0 Å². The fourth-order valence-corrected chi connectivity index (χ4v) is 1.97. The van der Waals surface area contributed by atoms with Gasteiger partial charge in [0.25, 0.3) is 0 Å². The van der Waals surface area contributed by atoms with Gasteiger partial charge in [-0.05, 0) is 36.0 Å². The molecule has 1 aliphatic heterocycles. The van der Waals surface area contributed by atoms with Crippen LogP contribution in [-0.4, -0.2) is 18.3 Å². The second kappa shape index (κ2) is 4.58. The lowest BCUT2D eigenvalue weighted by molar-refractivity contribution is 0.110. The highest BCUT2D eigenvalue weighted by atomic mass is 16.5. The topological polar surface area (TPSA) is 29.5 Å². The number of benzene rings is 1. The first-order valence-electron chi connectivity index (χ1n) is 5.20. The average molecular weight is 192 g/mol. The highest BCUT2D eigenvalue weighted by Gasteiger charge is 2.12. The number of aliphatic hydroxyl groups excluding tert-OH is 1. The van der Waals surface area contributed by atoms with Gasteiger partial charge in [-0.2, -0.15) is 0 Å². The number of hydrogen-bond acceptors (Lipinski definition) is 2. The highest BCUT2D eigenvalue weighted by Crippen LogP contribution is 2.21. The van der Waals surface area contributed by atoms with E-state index in [0.717, 1.165) is 32.5 Å². The van der Waals surface area contributed by atoms with Crippen molar-refractivity contribution < 1.29 is 9.84 Å². The van der Waals surface area contributed by atoms with Crippen LogP contribution in [0.15, 0.2) is 18.2 Å². The molecule has 1 heterocycles. The van der Waals surface area contributed by atoms with Crippen molar-refractivity contribution in [3.05, 3.63) is 34.9 Å². The van der Waals surface area contributed by atoms with E-state index < -0.39 is 0 Å². The molecule has 1 aromatic rings. The minimum absolute atomic E-state index is 0.268. The number of aliphatic hydroxyl groups is 1. The van der Waals surface area contributed by atoms with Gasteiger partial charge < -0.3 is 9.84 Å². The maximum Gasteiger partial charge on any atom is 0.0722 e. The Balaban J connectivity index is 2.21. The van der Waals surface area contributed by atoms with E-state index in [-0.39, 0.29) is 6.61 Å². The molecule has 0 atom stereocenters. The predicted molar refractivity (Wildman–Crippen MR) is 55.2 cm³/mol. The number of ether oxygens (including phenoxy) is 1. The lowest BCUT2D eigenvalue weighted by Gasteiger charge is -2.19. The van der Waals surface area contributed by atoms with Crippen LogP contribution in [-0.2, 0) is 24.2 Å². The Kier molecular flexibility index (Phi) is 3.17. The number of aryl methyl sites for hydroxylation is 1. The zero-order valence-corrected chi connectivity index (χ0v) is 8.33. The third-order valence-electron chi connectivity index (χ3n) is 2.74. The quantitative estimate of drug-likeness (QED) is 0.789. The van der Waals surface area contributed by atoms with Gasteiger partial charge in [-0.3, -0.25) is 0 Å². The molecule has 0 saturated heterocycles. The minimum atomic E-state index is 0.268. The molecule has 0 bridgehead atoms. The highest BCUT2D eigenvalue weighted by molar-refractivity contribution is 5.36. The summed E-state index contributed by atoms with van der Waals surface area (Å²) in [5.41, 5.74) is 4.12.